The van der Waals surface area contributed by atoms with Gasteiger partial charge in [0, 0.05) is 32.3 Å². The van der Waals surface area contributed by atoms with Crippen LogP contribution in [0.25, 0.3) is 0 Å². The fraction of sp³-hybridized carbons (Fsp3) is 0.941. The molecule has 1 amide bonds. The van der Waals surface area contributed by atoms with Crippen molar-refractivity contribution in [1.82, 2.24) is 10.2 Å². The molecule has 0 aromatic heterocycles. The number of nitrogens with two attached hydrogens (primary N) is 1. The first-order valence-corrected chi connectivity index (χ1v) is 9.13. The summed E-state index contributed by atoms with van der Waals surface area (Å²) in [6, 6.07) is 0.599. The summed E-state index contributed by atoms with van der Waals surface area (Å²) in [5.74, 6) is 0. The Labute approximate surface area is 141 Å². The van der Waals surface area contributed by atoms with Crippen molar-refractivity contribution in [2.45, 2.75) is 64.5 Å². The third kappa shape index (κ3) is 10.5. The van der Waals surface area contributed by atoms with Crippen LogP contribution in [0.3, 0.4) is 0 Å². The molecule has 1 aliphatic rings. The van der Waals surface area contributed by atoms with E-state index in [1.807, 2.05) is 0 Å². The molecule has 3 unspecified atom stereocenters. The van der Waals surface area contributed by atoms with Crippen LogP contribution in [0.15, 0.2) is 0 Å². The molecule has 0 bridgehead atoms. The summed E-state index contributed by atoms with van der Waals surface area (Å²) >= 11 is 0. The predicted octanol–water partition coefficient (Wildman–Crippen LogP) is 2.12. The highest BCUT2D eigenvalue weighted by atomic mass is 16.6. The van der Waals surface area contributed by atoms with Crippen molar-refractivity contribution >= 4 is 6.09 Å². The van der Waals surface area contributed by atoms with Gasteiger partial charge >= 0.3 is 6.09 Å². The highest BCUT2D eigenvalue weighted by Crippen LogP contribution is 2.17. The van der Waals surface area contributed by atoms with E-state index in [0.717, 1.165) is 64.8 Å². The minimum absolute atomic E-state index is 0.186. The highest BCUT2D eigenvalue weighted by Gasteiger charge is 2.32. The maximum Gasteiger partial charge on any atom is 0.407 e. The Kier molecular flexibility index (Phi) is 11.0. The number of alkyl carbamates (subject to hydrolysis) is 1. The van der Waals surface area contributed by atoms with E-state index in [2.05, 4.69) is 24.1 Å². The molecule has 1 heterocycles. The van der Waals surface area contributed by atoms with Gasteiger partial charge in [0.25, 0.3) is 0 Å². The van der Waals surface area contributed by atoms with Crippen LogP contribution in [0, 0.1) is 0 Å². The monoisotopic (exact) mass is 329 g/mol. The van der Waals surface area contributed by atoms with Gasteiger partial charge < -0.3 is 20.5 Å². The summed E-state index contributed by atoms with van der Waals surface area (Å²) in [4.78, 5) is 14.2. The van der Waals surface area contributed by atoms with E-state index in [4.69, 9.17) is 15.2 Å². The number of unbranched alkanes of at least 4 members (excludes halogenated alkanes) is 4. The summed E-state index contributed by atoms with van der Waals surface area (Å²) in [6.07, 6.45) is 5.86. The molecule has 1 fully saturated rings. The zero-order valence-electron chi connectivity index (χ0n) is 14.9. The molecule has 6 nitrogen and oxygen atoms in total. The van der Waals surface area contributed by atoms with Crippen molar-refractivity contribution in [3.63, 3.8) is 0 Å². The van der Waals surface area contributed by atoms with Crippen LogP contribution in [0.1, 0.15) is 52.4 Å². The Bertz CT molecular complexity index is 315. The zero-order chi connectivity index (χ0) is 16.9. The second-order valence-corrected chi connectivity index (χ2v) is 6.39. The Balaban J connectivity index is 2.15. The number of carbonyl (C=O) groups is 1. The fourth-order valence-electron chi connectivity index (χ4n) is 2.40. The van der Waals surface area contributed by atoms with Crippen molar-refractivity contribution in [3.8, 4) is 0 Å². The average molecular weight is 329 g/mol. The summed E-state index contributed by atoms with van der Waals surface area (Å²) in [7, 11) is 0. The first-order valence-electron chi connectivity index (χ1n) is 9.13. The molecule has 3 N–H and O–H groups in total. The number of nitrogens with zero attached hydrogens (tertiary/aromatic N) is 1. The van der Waals surface area contributed by atoms with Gasteiger partial charge in [-0.3, -0.25) is 4.90 Å². The number of hydrogen-bond donors (Lipinski definition) is 2. The molecule has 3 atom stereocenters. The lowest BCUT2D eigenvalue weighted by molar-refractivity contribution is 0.0126. The molecule has 0 aliphatic carbocycles. The van der Waals surface area contributed by atoms with Crippen LogP contribution in [-0.4, -0.2) is 62.5 Å². The molecular weight excluding hydrogens is 294 g/mol. The topological polar surface area (TPSA) is 76.6 Å². The molecule has 0 saturated carbocycles. The van der Waals surface area contributed by atoms with E-state index in [1.165, 1.54) is 0 Å². The van der Waals surface area contributed by atoms with Gasteiger partial charge in [0.15, 0.2) is 0 Å². The van der Waals surface area contributed by atoms with Crippen LogP contribution in [-0.2, 0) is 9.47 Å². The largest absolute Gasteiger partial charge is 0.442 e. The van der Waals surface area contributed by atoms with Crippen LogP contribution < -0.4 is 11.1 Å². The van der Waals surface area contributed by atoms with Crippen molar-refractivity contribution in [2.24, 2.45) is 5.73 Å². The van der Waals surface area contributed by atoms with Gasteiger partial charge in [-0.2, -0.15) is 0 Å². The summed E-state index contributed by atoms with van der Waals surface area (Å²) in [5.41, 5.74) is 5.45. The Hall–Kier alpha value is -0.850. The molecule has 0 aromatic carbocycles. The van der Waals surface area contributed by atoms with Gasteiger partial charge in [0.1, 0.15) is 6.10 Å². The molecule has 0 aromatic rings. The number of nitrogens with one attached hydrogen (secondary N) is 1. The molecule has 6 heteroatoms. The quantitative estimate of drug-likeness (QED) is 0.377. The van der Waals surface area contributed by atoms with E-state index in [1.54, 1.807) is 0 Å². The SMILES string of the molecule is CCCCOCC(CN1CC1C)OC(=O)NCCCCCCN. The lowest BCUT2D eigenvalue weighted by Gasteiger charge is -2.19. The maximum absolute atomic E-state index is 11.9. The van der Waals surface area contributed by atoms with Crippen LogP contribution in [0.2, 0.25) is 0 Å². The van der Waals surface area contributed by atoms with Gasteiger partial charge in [-0.05, 0) is 32.7 Å². The van der Waals surface area contributed by atoms with E-state index in [0.29, 0.717) is 19.2 Å². The minimum atomic E-state index is -0.331. The maximum atomic E-state index is 11.9. The van der Waals surface area contributed by atoms with Gasteiger partial charge in [-0.25, -0.2) is 4.79 Å². The molecule has 1 aliphatic heterocycles. The molecule has 0 spiro atoms. The number of carbonyl (C=O) groups excluding carboxylic acids is 1. The Morgan fingerprint density at radius 3 is 2.70 bits per heavy atom. The molecule has 23 heavy (non-hydrogen) atoms. The standard InChI is InChI=1S/C17H35N3O3/c1-3-4-11-22-14-16(13-20-12-15(20)2)23-17(21)19-10-8-6-5-7-9-18/h15-16H,3-14,18H2,1-2H3,(H,19,21). The molecular formula is C17H35N3O3. The lowest BCUT2D eigenvalue weighted by atomic mass is 10.2. The molecule has 0 radical (unpaired) electrons. The Morgan fingerprint density at radius 1 is 1.30 bits per heavy atom. The zero-order valence-corrected chi connectivity index (χ0v) is 14.9. The fourth-order valence-corrected chi connectivity index (χ4v) is 2.40. The van der Waals surface area contributed by atoms with Crippen molar-refractivity contribution in [1.29, 1.82) is 0 Å². The molecule has 136 valence electrons. The van der Waals surface area contributed by atoms with E-state index < -0.39 is 0 Å². The van der Waals surface area contributed by atoms with Crippen LogP contribution in [0.5, 0.6) is 0 Å². The van der Waals surface area contributed by atoms with E-state index >= 15 is 0 Å². The lowest BCUT2D eigenvalue weighted by Crippen LogP contribution is -2.36. The summed E-state index contributed by atoms with van der Waals surface area (Å²) in [6.45, 7) is 8.76. The smallest absolute Gasteiger partial charge is 0.407 e. The first kappa shape index (κ1) is 20.2. The van der Waals surface area contributed by atoms with E-state index in [9.17, 15) is 4.79 Å². The third-order valence-corrected chi connectivity index (χ3v) is 4.05. The number of amides is 1. The average Bonchev–Trinajstić information content (AvgIpc) is 3.22. The molecule has 1 rings (SSSR count). The van der Waals surface area contributed by atoms with Gasteiger partial charge in [0.05, 0.1) is 6.61 Å². The first-order chi connectivity index (χ1) is 11.2. The van der Waals surface area contributed by atoms with E-state index in [-0.39, 0.29) is 12.2 Å². The second kappa shape index (κ2) is 12.6. The van der Waals surface area contributed by atoms with Crippen LogP contribution in [0.4, 0.5) is 4.79 Å². The second-order valence-electron chi connectivity index (χ2n) is 6.39. The van der Waals surface area contributed by atoms with Crippen LogP contribution >= 0.6 is 0 Å². The van der Waals surface area contributed by atoms with Gasteiger partial charge in [-0.1, -0.05) is 26.2 Å². The minimum Gasteiger partial charge on any atom is -0.442 e. The summed E-state index contributed by atoms with van der Waals surface area (Å²) < 4.78 is 11.1. The van der Waals surface area contributed by atoms with Crippen molar-refractivity contribution < 1.29 is 14.3 Å². The predicted molar refractivity (Wildman–Crippen MR) is 92.6 cm³/mol. The van der Waals surface area contributed by atoms with Crippen molar-refractivity contribution in [2.75, 3.05) is 39.4 Å². The normalized spacial score (nSPS) is 21.0. The van der Waals surface area contributed by atoms with Gasteiger partial charge in [-0.15, -0.1) is 0 Å². The highest BCUT2D eigenvalue weighted by molar-refractivity contribution is 5.67. The molecule has 1 saturated heterocycles. The number of rotatable bonds is 14. The number of ether oxygens (including phenoxy) is 2. The van der Waals surface area contributed by atoms with Gasteiger partial charge in [0.2, 0.25) is 0 Å². The third-order valence-electron chi connectivity index (χ3n) is 4.05. The number of hydrogen-bond acceptors (Lipinski definition) is 5. The Morgan fingerprint density at radius 2 is 2.04 bits per heavy atom. The summed E-state index contributed by atoms with van der Waals surface area (Å²) in [5, 5.41) is 2.83. The van der Waals surface area contributed by atoms with Crippen molar-refractivity contribution in [3.05, 3.63) is 0 Å².